The van der Waals surface area contributed by atoms with E-state index in [1.807, 2.05) is 17.6 Å². The van der Waals surface area contributed by atoms with Gasteiger partial charge in [0.1, 0.15) is 0 Å². The third kappa shape index (κ3) is 2.02. The summed E-state index contributed by atoms with van der Waals surface area (Å²) < 4.78 is 7.59. The molecule has 0 aromatic carbocycles. The molecular formula is C11H16N4OS. The Bertz CT molecular complexity index is 493. The zero-order chi connectivity index (χ0) is 12.0. The molecule has 2 unspecified atom stereocenters. The maximum atomic E-state index is 5.73. The summed E-state index contributed by atoms with van der Waals surface area (Å²) in [4.78, 5) is 7.68. The first-order valence-electron chi connectivity index (χ1n) is 5.85. The van der Waals surface area contributed by atoms with Gasteiger partial charge in [0.25, 0.3) is 0 Å². The van der Waals surface area contributed by atoms with E-state index in [1.165, 1.54) is 0 Å². The van der Waals surface area contributed by atoms with Crippen molar-refractivity contribution >= 4 is 21.4 Å². The van der Waals surface area contributed by atoms with Crippen molar-refractivity contribution in [1.29, 1.82) is 0 Å². The highest BCUT2D eigenvalue weighted by atomic mass is 32.1. The zero-order valence-corrected chi connectivity index (χ0v) is 11.1. The van der Waals surface area contributed by atoms with E-state index in [1.54, 1.807) is 11.3 Å². The predicted octanol–water partition coefficient (Wildman–Crippen LogP) is 1.71. The summed E-state index contributed by atoms with van der Waals surface area (Å²) in [5.41, 5.74) is 1.01. The molecule has 0 N–H and O–H groups in total. The van der Waals surface area contributed by atoms with Gasteiger partial charge in [-0.2, -0.15) is 0 Å². The highest BCUT2D eigenvalue weighted by Gasteiger charge is 2.24. The Morgan fingerprint density at radius 3 is 2.71 bits per heavy atom. The maximum absolute atomic E-state index is 5.73. The van der Waals surface area contributed by atoms with E-state index in [4.69, 9.17) is 4.74 Å². The standard InChI is InChI=1S/C11H16N4OS/c1-7-4-15-10(12-7)17-11(13-15)14-5-8(2)16-9(3)6-14/h4,8-9H,5-6H2,1-3H3. The van der Waals surface area contributed by atoms with E-state index in [9.17, 15) is 0 Å². The molecule has 1 aliphatic rings. The lowest BCUT2D eigenvalue weighted by molar-refractivity contribution is -0.00527. The minimum Gasteiger partial charge on any atom is -0.372 e. The first-order chi connectivity index (χ1) is 8.11. The van der Waals surface area contributed by atoms with Crippen LogP contribution in [0.2, 0.25) is 0 Å². The molecule has 1 fully saturated rings. The van der Waals surface area contributed by atoms with E-state index in [-0.39, 0.29) is 12.2 Å². The number of morpholine rings is 1. The summed E-state index contributed by atoms with van der Waals surface area (Å²) in [6.07, 6.45) is 2.48. The smallest absolute Gasteiger partial charge is 0.214 e. The van der Waals surface area contributed by atoms with Crippen molar-refractivity contribution in [2.24, 2.45) is 0 Å². The van der Waals surface area contributed by atoms with Crippen LogP contribution in [0.25, 0.3) is 4.96 Å². The number of hydrogen-bond acceptors (Lipinski definition) is 5. The molecule has 0 bridgehead atoms. The van der Waals surface area contributed by atoms with Gasteiger partial charge in [0.2, 0.25) is 10.1 Å². The Labute approximate surface area is 104 Å². The number of hydrogen-bond donors (Lipinski definition) is 0. The van der Waals surface area contributed by atoms with Gasteiger partial charge in [-0.3, -0.25) is 0 Å². The molecule has 0 amide bonds. The second-order valence-electron chi connectivity index (χ2n) is 4.66. The number of aromatic nitrogens is 3. The molecule has 3 heterocycles. The second kappa shape index (κ2) is 3.96. The Hall–Kier alpha value is -1.14. The van der Waals surface area contributed by atoms with Crippen LogP contribution in [-0.2, 0) is 4.74 Å². The largest absolute Gasteiger partial charge is 0.372 e. The maximum Gasteiger partial charge on any atom is 0.214 e. The van der Waals surface area contributed by atoms with Crippen molar-refractivity contribution in [3.8, 4) is 0 Å². The van der Waals surface area contributed by atoms with E-state index in [0.717, 1.165) is 28.9 Å². The molecular weight excluding hydrogens is 236 g/mol. The summed E-state index contributed by atoms with van der Waals surface area (Å²) in [6.45, 7) is 8.00. The quantitative estimate of drug-likeness (QED) is 0.775. The molecule has 0 aliphatic carbocycles. The van der Waals surface area contributed by atoms with Crippen LogP contribution in [0.3, 0.4) is 0 Å². The summed E-state index contributed by atoms with van der Waals surface area (Å²) in [7, 11) is 0. The van der Waals surface area contributed by atoms with Gasteiger partial charge in [-0.25, -0.2) is 9.50 Å². The van der Waals surface area contributed by atoms with Crippen molar-refractivity contribution in [2.45, 2.75) is 33.0 Å². The first-order valence-corrected chi connectivity index (χ1v) is 6.66. The molecule has 2 aromatic heterocycles. The molecule has 0 spiro atoms. The fraction of sp³-hybridized carbons (Fsp3) is 0.636. The fourth-order valence-electron chi connectivity index (χ4n) is 2.26. The van der Waals surface area contributed by atoms with Gasteiger partial charge < -0.3 is 9.64 Å². The van der Waals surface area contributed by atoms with Crippen LogP contribution in [0.1, 0.15) is 19.5 Å². The van der Waals surface area contributed by atoms with Gasteiger partial charge in [-0.15, -0.1) is 5.10 Å². The van der Waals surface area contributed by atoms with E-state index in [2.05, 4.69) is 28.8 Å². The topological polar surface area (TPSA) is 42.7 Å². The van der Waals surface area contributed by atoms with Crippen molar-refractivity contribution in [3.63, 3.8) is 0 Å². The van der Waals surface area contributed by atoms with Crippen molar-refractivity contribution in [3.05, 3.63) is 11.9 Å². The molecule has 2 aromatic rings. The van der Waals surface area contributed by atoms with Crippen LogP contribution in [0.15, 0.2) is 6.20 Å². The van der Waals surface area contributed by atoms with E-state index in [0.29, 0.717) is 0 Å². The molecule has 0 saturated carbocycles. The van der Waals surface area contributed by atoms with Crippen LogP contribution < -0.4 is 4.90 Å². The fourth-order valence-corrected chi connectivity index (χ4v) is 3.21. The van der Waals surface area contributed by atoms with Gasteiger partial charge in [0.05, 0.1) is 24.1 Å². The number of imidazole rings is 1. The number of rotatable bonds is 1. The number of nitrogens with zero attached hydrogens (tertiary/aromatic N) is 4. The molecule has 1 aliphatic heterocycles. The third-order valence-electron chi connectivity index (χ3n) is 2.84. The second-order valence-corrected chi connectivity index (χ2v) is 5.59. The molecule has 6 heteroatoms. The Morgan fingerprint density at radius 1 is 1.35 bits per heavy atom. The van der Waals surface area contributed by atoms with E-state index >= 15 is 0 Å². The summed E-state index contributed by atoms with van der Waals surface area (Å²) in [5.74, 6) is 0. The lowest BCUT2D eigenvalue weighted by Gasteiger charge is -2.34. The summed E-state index contributed by atoms with van der Waals surface area (Å²) in [6, 6.07) is 0. The van der Waals surface area contributed by atoms with Gasteiger partial charge in [-0.05, 0) is 20.8 Å². The molecule has 3 rings (SSSR count). The minimum absolute atomic E-state index is 0.261. The van der Waals surface area contributed by atoms with Crippen molar-refractivity contribution < 1.29 is 4.74 Å². The highest BCUT2D eigenvalue weighted by Crippen LogP contribution is 2.25. The zero-order valence-electron chi connectivity index (χ0n) is 10.3. The van der Waals surface area contributed by atoms with Crippen LogP contribution in [0.5, 0.6) is 0 Å². The van der Waals surface area contributed by atoms with Gasteiger partial charge in [0, 0.05) is 13.1 Å². The Balaban J connectivity index is 1.89. The average molecular weight is 252 g/mol. The average Bonchev–Trinajstić information content (AvgIpc) is 2.72. The normalized spacial score (nSPS) is 25.7. The summed E-state index contributed by atoms with van der Waals surface area (Å²) in [5, 5.41) is 5.61. The third-order valence-corrected chi connectivity index (χ3v) is 3.83. The van der Waals surface area contributed by atoms with Crippen molar-refractivity contribution in [1.82, 2.24) is 14.6 Å². The number of aryl methyl sites for hydroxylation is 1. The van der Waals surface area contributed by atoms with Gasteiger partial charge >= 0.3 is 0 Å². The van der Waals surface area contributed by atoms with Crippen molar-refractivity contribution in [2.75, 3.05) is 18.0 Å². The molecule has 0 radical (unpaired) electrons. The number of fused-ring (bicyclic) bond motifs is 1. The van der Waals surface area contributed by atoms with Crippen LogP contribution in [-0.4, -0.2) is 39.9 Å². The molecule has 5 nitrogen and oxygen atoms in total. The van der Waals surface area contributed by atoms with Gasteiger partial charge in [0.15, 0.2) is 0 Å². The molecule has 92 valence electrons. The molecule has 2 atom stereocenters. The monoisotopic (exact) mass is 252 g/mol. The number of anilines is 1. The first kappa shape index (κ1) is 11.0. The summed E-state index contributed by atoms with van der Waals surface area (Å²) >= 11 is 1.64. The molecule has 17 heavy (non-hydrogen) atoms. The van der Waals surface area contributed by atoms with Gasteiger partial charge in [-0.1, -0.05) is 11.3 Å². The van der Waals surface area contributed by atoms with Crippen LogP contribution in [0.4, 0.5) is 5.13 Å². The van der Waals surface area contributed by atoms with Crippen LogP contribution in [0, 0.1) is 6.92 Å². The lowest BCUT2D eigenvalue weighted by Crippen LogP contribution is -2.45. The Kier molecular flexibility index (Phi) is 2.56. The minimum atomic E-state index is 0.261. The Morgan fingerprint density at radius 2 is 2.06 bits per heavy atom. The SMILES string of the molecule is Cc1cn2nc(N3CC(C)OC(C)C3)sc2n1. The molecule has 1 saturated heterocycles. The number of ether oxygens (including phenoxy) is 1. The lowest BCUT2D eigenvalue weighted by atomic mass is 10.2. The van der Waals surface area contributed by atoms with Crippen LogP contribution >= 0.6 is 11.3 Å². The highest BCUT2D eigenvalue weighted by molar-refractivity contribution is 7.20. The van der Waals surface area contributed by atoms with E-state index < -0.39 is 0 Å². The predicted molar refractivity (Wildman–Crippen MR) is 67.8 cm³/mol.